The van der Waals surface area contributed by atoms with E-state index in [1.165, 1.54) is 30.6 Å². The van der Waals surface area contributed by atoms with Crippen LogP contribution >= 0.6 is 35.3 Å². The molecule has 0 saturated heterocycles. The molecule has 0 bridgehead atoms. The highest BCUT2D eigenvalue weighted by molar-refractivity contribution is 14.0. The second-order valence-corrected chi connectivity index (χ2v) is 6.67. The minimum Gasteiger partial charge on any atom is -0.355 e. The second kappa shape index (κ2) is 11.7. The van der Waals surface area contributed by atoms with Gasteiger partial charge in [0.1, 0.15) is 0 Å². The molecule has 1 amide bonds. The molecule has 1 heterocycles. The summed E-state index contributed by atoms with van der Waals surface area (Å²) in [5, 5.41) is 11.5. The molecule has 23 heavy (non-hydrogen) atoms. The Bertz CT molecular complexity index is 472. The lowest BCUT2D eigenvalue weighted by molar-refractivity contribution is -0.121. The SMILES string of the molecule is CN=C(NCCNC(=O)CC1CCCC1)NCc1cccs1.I. The fraction of sp³-hybridized carbons (Fsp3) is 0.625. The van der Waals surface area contributed by atoms with E-state index in [0.29, 0.717) is 25.4 Å². The highest BCUT2D eigenvalue weighted by atomic mass is 127. The summed E-state index contributed by atoms with van der Waals surface area (Å²) >= 11 is 1.72. The van der Waals surface area contributed by atoms with Gasteiger partial charge in [0.2, 0.25) is 5.91 Å². The molecule has 1 aliphatic carbocycles. The molecule has 1 fully saturated rings. The van der Waals surface area contributed by atoms with Crippen LogP contribution < -0.4 is 16.0 Å². The van der Waals surface area contributed by atoms with Crippen LogP contribution in [-0.2, 0) is 11.3 Å². The zero-order valence-electron chi connectivity index (χ0n) is 13.6. The molecule has 7 heteroatoms. The van der Waals surface area contributed by atoms with Crippen LogP contribution in [0.2, 0.25) is 0 Å². The third kappa shape index (κ3) is 8.01. The predicted molar refractivity (Wildman–Crippen MR) is 108 cm³/mol. The van der Waals surface area contributed by atoms with E-state index < -0.39 is 0 Å². The number of nitrogens with zero attached hydrogens (tertiary/aromatic N) is 1. The van der Waals surface area contributed by atoms with E-state index in [9.17, 15) is 4.79 Å². The van der Waals surface area contributed by atoms with Crippen LogP contribution in [0.1, 0.15) is 37.0 Å². The molecule has 0 aromatic carbocycles. The number of hydrogen-bond acceptors (Lipinski definition) is 3. The molecule has 0 aliphatic heterocycles. The largest absolute Gasteiger partial charge is 0.355 e. The van der Waals surface area contributed by atoms with Crippen molar-refractivity contribution in [1.82, 2.24) is 16.0 Å². The summed E-state index contributed by atoms with van der Waals surface area (Å²) in [7, 11) is 1.75. The van der Waals surface area contributed by atoms with Crippen molar-refractivity contribution in [3.05, 3.63) is 22.4 Å². The van der Waals surface area contributed by atoms with Gasteiger partial charge >= 0.3 is 0 Å². The van der Waals surface area contributed by atoms with E-state index in [1.807, 2.05) is 6.07 Å². The van der Waals surface area contributed by atoms with Crippen LogP contribution in [0.4, 0.5) is 0 Å². The van der Waals surface area contributed by atoms with Gasteiger partial charge in [-0.25, -0.2) is 0 Å². The first kappa shape index (κ1) is 20.2. The maximum Gasteiger partial charge on any atom is 0.220 e. The summed E-state index contributed by atoms with van der Waals surface area (Å²) in [6, 6.07) is 4.13. The summed E-state index contributed by atoms with van der Waals surface area (Å²) in [6.45, 7) is 2.08. The standard InChI is InChI=1S/C16H26N4OS.HI/c1-17-16(20-12-14-7-4-10-22-14)19-9-8-18-15(21)11-13-5-2-3-6-13;/h4,7,10,13H,2-3,5-6,8-9,11-12H2,1H3,(H,18,21)(H2,17,19,20);1H. The minimum absolute atomic E-state index is 0. The average Bonchev–Trinajstić information content (AvgIpc) is 3.20. The second-order valence-electron chi connectivity index (χ2n) is 5.64. The van der Waals surface area contributed by atoms with Crippen LogP contribution in [0.5, 0.6) is 0 Å². The van der Waals surface area contributed by atoms with Gasteiger partial charge in [0, 0.05) is 31.4 Å². The van der Waals surface area contributed by atoms with E-state index >= 15 is 0 Å². The Morgan fingerprint density at radius 2 is 2.00 bits per heavy atom. The molecule has 1 aromatic heterocycles. The number of hydrogen-bond donors (Lipinski definition) is 3. The molecule has 0 unspecified atom stereocenters. The molecule has 0 radical (unpaired) electrons. The van der Waals surface area contributed by atoms with Crippen molar-refractivity contribution >= 4 is 47.2 Å². The Balaban J connectivity index is 0.00000264. The maximum atomic E-state index is 11.8. The number of guanidine groups is 1. The molecule has 2 rings (SSSR count). The molecule has 0 atom stereocenters. The lowest BCUT2D eigenvalue weighted by Gasteiger charge is -2.12. The zero-order chi connectivity index (χ0) is 15.6. The molecule has 1 aliphatic rings. The van der Waals surface area contributed by atoms with Gasteiger partial charge in [-0.2, -0.15) is 0 Å². The van der Waals surface area contributed by atoms with Gasteiger partial charge in [-0.05, 0) is 30.2 Å². The summed E-state index contributed by atoms with van der Waals surface area (Å²) in [5.41, 5.74) is 0. The van der Waals surface area contributed by atoms with Crippen LogP contribution in [-0.4, -0.2) is 32.0 Å². The predicted octanol–water partition coefficient (Wildman–Crippen LogP) is 2.73. The molecule has 0 spiro atoms. The van der Waals surface area contributed by atoms with E-state index in [1.54, 1.807) is 18.4 Å². The van der Waals surface area contributed by atoms with Gasteiger partial charge in [0.25, 0.3) is 0 Å². The number of halogens is 1. The number of nitrogens with one attached hydrogen (secondary N) is 3. The molecule has 130 valence electrons. The lowest BCUT2D eigenvalue weighted by atomic mass is 10.0. The minimum atomic E-state index is 0. The van der Waals surface area contributed by atoms with E-state index in [0.717, 1.165) is 12.5 Å². The Labute approximate surface area is 159 Å². The van der Waals surface area contributed by atoms with Crippen LogP contribution in [0.15, 0.2) is 22.5 Å². The van der Waals surface area contributed by atoms with E-state index in [4.69, 9.17) is 0 Å². The van der Waals surface area contributed by atoms with Gasteiger partial charge in [-0.1, -0.05) is 18.9 Å². The molecule has 1 aromatic rings. The van der Waals surface area contributed by atoms with E-state index in [-0.39, 0.29) is 29.9 Å². The number of aliphatic imine (C=N–C) groups is 1. The van der Waals surface area contributed by atoms with Crippen molar-refractivity contribution in [2.75, 3.05) is 20.1 Å². The maximum absolute atomic E-state index is 11.8. The highest BCUT2D eigenvalue weighted by Gasteiger charge is 2.17. The Morgan fingerprint density at radius 1 is 1.26 bits per heavy atom. The van der Waals surface area contributed by atoms with Crippen molar-refractivity contribution in [3.63, 3.8) is 0 Å². The Morgan fingerprint density at radius 3 is 2.65 bits per heavy atom. The van der Waals surface area contributed by atoms with Gasteiger partial charge < -0.3 is 16.0 Å². The molecule has 3 N–H and O–H groups in total. The molecule has 1 saturated carbocycles. The van der Waals surface area contributed by atoms with E-state index in [2.05, 4.69) is 32.4 Å². The third-order valence-electron chi connectivity index (χ3n) is 3.92. The van der Waals surface area contributed by atoms with Crippen molar-refractivity contribution < 1.29 is 4.79 Å². The Kier molecular flexibility index (Phi) is 10.3. The van der Waals surface area contributed by atoms with Crippen LogP contribution in [0, 0.1) is 5.92 Å². The zero-order valence-corrected chi connectivity index (χ0v) is 16.8. The first-order valence-corrected chi connectivity index (χ1v) is 8.89. The van der Waals surface area contributed by atoms with Crippen LogP contribution in [0.25, 0.3) is 0 Å². The van der Waals surface area contributed by atoms with Gasteiger partial charge in [-0.3, -0.25) is 9.79 Å². The van der Waals surface area contributed by atoms with Crippen molar-refractivity contribution in [3.8, 4) is 0 Å². The normalized spacial score (nSPS) is 15.1. The quantitative estimate of drug-likeness (QED) is 0.259. The smallest absolute Gasteiger partial charge is 0.220 e. The third-order valence-corrected chi connectivity index (χ3v) is 4.80. The molecular formula is C16H27IN4OS. The number of carbonyl (C=O) groups is 1. The number of thiophene rings is 1. The first-order chi connectivity index (χ1) is 10.8. The summed E-state index contributed by atoms with van der Waals surface area (Å²) in [5.74, 6) is 1.54. The molecular weight excluding hydrogens is 423 g/mol. The monoisotopic (exact) mass is 450 g/mol. The molecule has 5 nitrogen and oxygen atoms in total. The van der Waals surface area contributed by atoms with Gasteiger partial charge in [0.05, 0.1) is 6.54 Å². The number of rotatable bonds is 7. The summed E-state index contributed by atoms with van der Waals surface area (Å²) < 4.78 is 0. The number of carbonyl (C=O) groups excluding carboxylic acids is 1. The lowest BCUT2D eigenvalue weighted by Crippen LogP contribution is -2.41. The topological polar surface area (TPSA) is 65.5 Å². The van der Waals surface area contributed by atoms with Gasteiger partial charge in [0.15, 0.2) is 5.96 Å². The highest BCUT2D eigenvalue weighted by Crippen LogP contribution is 2.27. The summed E-state index contributed by atoms with van der Waals surface area (Å²) in [6.07, 6.45) is 5.68. The fourth-order valence-electron chi connectivity index (χ4n) is 2.74. The Hall–Kier alpha value is -0.830. The first-order valence-electron chi connectivity index (χ1n) is 8.01. The van der Waals surface area contributed by atoms with Crippen molar-refractivity contribution in [2.45, 2.75) is 38.6 Å². The van der Waals surface area contributed by atoms with Crippen molar-refractivity contribution in [2.24, 2.45) is 10.9 Å². The number of amides is 1. The van der Waals surface area contributed by atoms with Crippen LogP contribution in [0.3, 0.4) is 0 Å². The summed E-state index contributed by atoms with van der Waals surface area (Å²) in [4.78, 5) is 17.3. The van der Waals surface area contributed by atoms with Crippen molar-refractivity contribution in [1.29, 1.82) is 0 Å². The average molecular weight is 450 g/mol. The van der Waals surface area contributed by atoms with Gasteiger partial charge in [-0.15, -0.1) is 35.3 Å². The fourth-order valence-corrected chi connectivity index (χ4v) is 3.38.